The summed E-state index contributed by atoms with van der Waals surface area (Å²) >= 11 is 0. The largest absolute Gasteiger partial charge is 0.480 e. The number of carboxylic acids is 1. The molecule has 6 heteroatoms. The zero-order chi connectivity index (χ0) is 9.02. The first kappa shape index (κ1) is 9.86. The lowest BCUT2D eigenvalue weighted by Crippen LogP contribution is -2.44. The van der Waals surface area contributed by atoms with Gasteiger partial charge in [-0.05, 0) is 6.42 Å². The minimum atomic E-state index is -1.19. The highest BCUT2D eigenvalue weighted by atomic mass is 16.4. The van der Waals surface area contributed by atoms with Gasteiger partial charge in [-0.3, -0.25) is 9.59 Å². The molecule has 0 fully saturated rings. The number of amides is 1. The maximum Gasteiger partial charge on any atom is 0.320 e. The second-order valence-corrected chi connectivity index (χ2v) is 2.19. The Morgan fingerprint density at radius 2 is 1.73 bits per heavy atom. The molecule has 2 unspecified atom stereocenters. The van der Waals surface area contributed by atoms with E-state index in [4.69, 9.17) is 22.3 Å². The molecule has 0 aromatic heterocycles. The van der Waals surface area contributed by atoms with E-state index in [9.17, 15) is 9.59 Å². The van der Waals surface area contributed by atoms with E-state index in [1.807, 2.05) is 0 Å². The second kappa shape index (κ2) is 3.89. The van der Waals surface area contributed by atoms with Gasteiger partial charge in [0, 0.05) is 0 Å². The molecule has 0 aliphatic heterocycles. The topological polar surface area (TPSA) is 132 Å². The van der Waals surface area contributed by atoms with Crippen molar-refractivity contribution in [1.82, 2.24) is 0 Å². The summed E-state index contributed by atoms with van der Waals surface area (Å²) in [6.07, 6.45) is -0.134. The summed E-state index contributed by atoms with van der Waals surface area (Å²) in [5.74, 6) is -1.94. The Bertz CT molecular complexity index is 152. The number of carbonyl (C=O) groups excluding carboxylic acids is 1. The van der Waals surface area contributed by atoms with Crippen LogP contribution in [0.1, 0.15) is 6.42 Å². The standard InChI is InChI=1S/C5H11N3O3/c6-2(4(8)9)1-3(7)5(10)11/h2-3H,1,6-7H2,(H2,8,9)(H,10,11). The first-order valence-electron chi connectivity index (χ1n) is 2.98. The molecule has 11 heavy (non-hydrogen) atoms. The number of carbonyl (C=O) groups is 2. The predicted molar refractivity (Wildman–Crippen MR) is 37.4 cm³/mol. The molecule has 2 atom stereocenters. The number of primary amides is 1. The average molecular weight is 161 g/mol. The molecule has 0 saturated carbocycles. The summed E-state index contributed by atoms with van der Waals surface area (Å²) in [7, 11) is 0. The molecule has 1 amide bonds. The lowest BCUT2D eigenvalue weighted by atomic mass is 10.1. The van der Waals surface area contributed by atoms with E-state index in [2.05, 4.69) is 0 Å². The Hall–Kier alpha value is -1.14. The molecule has 0 aliphatic carbocycles. The summed E-state index contributed by atoms with van der Waals surface area (Å²) in [4.78, 5) is 20.4. The third kappa shape index (κ3) is 3.54. The van der Waals surface area contributed by atoms with Crippen molar-refractivity contribution >= 4 is 11.9 Å². The van der Waals surface area contributed by atoms with Crippen LogP contribution >= 0.6 is 0 Å². The van der Waals surface area contributed by atoms with Gasteiger partial charge in [-0.25, -0.2) is 0 Å². The van der Waals surface area contributed by atoms with Crippen LogP contribution < -0.4 is 17.2 Å². The van der Waals surface area contributed by atoms with Crippen molar-refractivity contribution < 1.29 is 14.7 Å². The van der Waals surface area contributed by atoms with Gasteiger partial charge in [0.05, 0.1) is 6.04 Å². The van der Waals surface area contributed by atoms with E-state index >= 15 is 0 Å². The van der Waals surface area contributed by atoms with Crippen LogP contribution in [0.25, 0.3) is 0 Å². The fourth-order valence-electron chi connectivity index (χ4n) is 0.491. The van der Waals surface area contributed by atoms with E-state index in [-0.39, 0.29) is 6.42 Å². The van der Waals surface area contributed by atoms with Crippen LogP contribution in [0.5, 0.6) is 0 Å². The molecule has 0 saturated heterocycles. The molecule has 0 aromatic carbocycles. The van der Waals surface area contributed by atoms with Crippen LogP contribution in [-0.2, 0) is 9.59 Å². The number of carboxylic acid groups (broad SMARTS) is 1. The lowest BCUT2D eigenvalue weighted by molar-refractivity contribution is -0.138. The Morgan fingerprint density at radius 3 is 2.00 bits per heavy atom. The third-order valence-electron chi connectivity index (χ3n) is 1.19. The van der Waals surface area contributed by atoms with Crippen molar-refractivity contribution in [3.05, 3.63) is 0 Å². The minimum Gasteiger partial charge on any atom is -0.480 e. The zero-order valence-electron chi connectivity index (χ0n) is 5.86. The zero-order valence-corrected chi connectivity index (χ0v) is 5.86. The summed E-state index contributed by atoms with van der Waals surface area (Å²) in [5, 5.41) is 8.28. The van der Waals surface area contributed by atoms with Gasteiger partial charge < -0.3 is 22.3 Å². The molecular weight excluding hydrogens is 150 g/mol. The molecule has 0 aromatic rings. The van der Waals surface area contributed by atoms with E-state index < -0.39 is 24.0 Å². The van der Waals surface area contributed by atoms with Crippen molar-refractivity contribution in [2.45, 2.75) is 18.5 Å². The first-order chi connectivity index (χ1) is 4.95. The fraction of sp³-hybridized carbons (Fsp3) is 0.600. The van der Waals surface area contributed by atoms with Gasteiger partial charge in [-0.1, -0.05) is 0 Å². The number of hydrogen-bond donors (Lipinski definition) is 4. The Labute approximate surface area is 63.3 Å². The molecule has 6 nitrogen and oxygen atoms in total. The van der Waals surface area contributed by atoms with Crippen LogP contribution in [0, 0.1) is 0 Å². The van der Waals surface area contributed by atoms with Gasteiger partial charge in [0.1, 0.15) is 6.04 Å². The second-order valence-electron chi connectivity index (χ2n) is 2.19. The SMILES string of the molecule is NC(=O)C(N)CC(N)C(=O)O. The highest BCUT2D eigenvalue weighted by Crippen LogP contribution is 1.92. The summed E-state index contributed by atoms with van der Waals surface area (Å²) < 4.78 is 0. The Kier molecular flexibility index (Phi) is 3.49. The molecule has 0 rings (SSSR count). The summed E-state index contributed by atoms with van der Waals surface area (Å²) in [6.45, 7) is 0. The first-order valence-corrected chi connectivity index (χ1v) is 2.98. The molecule has 0 spiro atoms. The van der Waals surface area contributed by atoms with Crippen molar-refractivity contribution in [2.75, 3.05) is 0 Å². The van der Waals surface area contributed by atoms with Gasteiger partial charge in [0.2, 0.25) is 5.91 Å². The van der Waals surface area contributed by atoms with Gasteiger partial charge in [0.15, 0.2) is 0 Å². The van der Waals surface area contributed by atoms with Gasteiger partial charge >= 0.3 is 5.97 Å². The molecule has 0 heterocycles. The summed E-state index contributed by atoms with van der Waals surface area (Å²) in [6, 6.07) is -2.11. The van der Waals surface area contributed by atoms with E-state index in [0.717, 1.165) is 0 Å². The van der Waals surface area contributed by atoms with Crippen molar-refractivity contribution in [3.63, 3.8) is 0 Å². The molecule has 7 N–H and O–H groups in total. The molecule has 0 radical (unpaired) electrons. The predicted octanol–water partition coefficient (Wildman–Crippen LogP) is -2.40. The van der Waals surface area contributed by atoms with Crippen LogP contribution in [0.3, 0.4) is 0 Å². The van der Waals surface area contributed by atoms with E-state index in [1.165, 1.54) is 0 Å². The van der Waals surface area contributed by atoms with Crippen LogP contribution in [0.2, 0.25) is 0 Å². The minimum absolute atomic E-state index is 0.134. The van der Waals surface area contributed by atoms with Gasteiger partial charge in [-0.2, -0.15) is 0 Å². The number of aliphatic carboxylic acids is 1. The number of nitrogens with two attached hydrogens (primary N) is 3. The third-order valence-corrected chi connectivity index (χ3v) is 1.19. The van der Waals surface area contributed by atoms with Crippen LogP contribution in [0.4, 0.5) is 0 Å². The smallest absolute Gasteiger partial charge is 0.320 e. The van der Waals surface area contributed by atoms with Crippen molar-refractivity contribution in [1.29, 1.82) is 0 Å². The van der Waals surface area contributed by atoms with Crippen molar-refractivity contribution in [2.24, 2.45) is 17.2 Å². The summed E-state index contributed by atoms with van der Waals surface area (Å²) in [5.41, 5.74) is 15.0. The average Bonchev–Trinajstić information content (AvgIpc) is 1.87. The monoisotopic (exact) mass is 161 g/mol. The normalized spacial score (nSPS) is 15.5. The highest BCUT2D eigenvalue weighted by molar-refractivity contribution is 5.81. The maximum absolute atomic E-state index is 10.3. The van der Waals surface area contributed by atoms with Crippen LogP contribution in [0.15, 0.2) is 0 Å². The van der Waals surface area contributed by atoms with Gasteiger partial charge in [0.25, 0.3) is 0 Å². The Morgan fingerprint density at radius 1 is 1.27 bits per heavy atom. The molecular formula is C5H11N3O3. The lowest BCUT2D eigenvalue weighted by Gasteiger charge is -2.09. The maximum atomic E-state index is 10.3. The quantitative estimate of drug-likeness (QED) is 0.365. The number of hydrogen-bond acceptors (Lipinski definition) is 4. The van der Waals surface area contributed by atoms with Crippen molar-refractivity contribution in [3.8, 4) is 0 Å². The Balaban J connectivity index is 3.84. The number of rotatable bonds is 4. The van der Waals surface area contributed by atoms with Crippen LogP contribution in [-0.4, -0.2) is 29.1 Å². The molecule has 64 valence electrons. The molecule has 0 aliphatic rings. The fourth-order valence-corrected chi connectivity index (χ4v) is 0.491. The highest BCUT2D eigenvalue weighted by Gasteiger charge is 2.18. The van der Waals surface area contributed by atoms with E-state index in [0.29, 0.717) is 0 Å². The van der Waals surface area contributed by atoms with E-state index in [1.54, 1.807) is 0 Å². The van der Waals surface area contributed by atoms with Gasteiger partial charge in [-0.15, -0.1) is 0 Å². The molecule has 0 bridgehead atoms.